The van der Waals surface area contributed by atoms with E-state index in [2.05, 4.69) is 0 Å². The summed E-state index contributed by atoms with van der Waals surface area (Å²) in [6.45, 7) is 4.45. The Labute approximate surface area is 106 Å². The number of alkyl halides is 1. The van der Waals surface area contributed by atoms with E-state index >= 15 is 0 Å². The normalized spacial score (nSPS) is 10.6. The van der Waals surface area contributed by atoms with Gasteiger partial charge in [0, 0.05) is 18.5 Å². The molecule has 0 aromatic heterocycles. The Hall–Kier alpha value is -0.730. The molecule has 1 amide bonds. The van der Waals surface area contributed by atoms with E-state index in [1.54, 1.807) is 29.2 Å². The fourth-order valence-corrected chi connectivity index (χ4v) is 1.87. The van der Waals surface area contributed by atoms with Gasteiger partial charge in [0.05, 0.1) is 10.6 Å². The van der Waals surface area contributed by atoms with Gasteiger partial charge in [-0.05, 0) is 26.0 Å². The molecule has 0 unspecified atom stereocenters. The Kier molecular flexibility index (Phi) is 5.10. The fraction of sp³-hybridized carbons (Fsp3) is 0.417. The summed E-state index contributed by atoms with van der Waals surface area (Å²) in [6, 6.07) is 7.17. The molecule has 0 aliphatic rings. The van der Waals surface area contributed by atoms with E-state index in [1.165, 1.54) is 0 Å². The Balaban J connectivity index is 2.95. The molecule has 0 heterocycles. The van der Waals surface area contributed by atoms with Crippen LogP contribution < -0.4 is 0 Å². The van der Waals surface area contributed by atoms with E-state index in [1.807, 2.05) is 13.8 Å². The Bertz CT molecular complexity index is 366. The van der Waals surface area contributed by atoms with Crippen LogP contribution in [-0.2, 0) is 0 Å². The Morgan fingerprint density at radius 3 is 2.50 bits per heavy atom. The van der Waals surface area contributed by atoms with E-state index in [4.69, 9.17) is 23.2 Å². The highest BCUT2D eigenvalue weighted by Gasteiger charge is 2.19. The average Bonchev–Trinajstić information content (AvgIpc) is 2.25. The molecule has 1 aromatic carbocycles. The highest BCUT2D eigenvalue weighted by atomic mass is 35.5. The molecule has 0 bridgehead atoms. The summed E-state index contributed by atoms with van der Waals surface area (Å²) in [6.07, 6.45) is 0. The minimum Gasteiger partial charge on any atom is -0.335 e. The van der Waals surface area contributed by atoms with Crippen molar-refractivity contribution in [2.24, 2.45) is 0 Å². The zero-order valence-electron chi connectivity index (χ0n) is 9.41. The number of nitrogens with zero attached hydrogens (tertiary/aromatic N) is 1. The maximum Gasteiger partial charge on any atom is 0.255 e. The molecule has 0 fully saturated rings. The summed E-state index contributed by atoms with van der Waals surface area (Å²) in [7, 11) is 0. The van der Waals surface area contributed by atoms with Crippen molar-refractivity contribution < 1.29 is 4.79 Å². The molecule has 0 aliphatic carbocycles. The average molecular weight is 260 g/mol. The van der Waals surface area contributed by atoms with Crippen molar-refractivity contribution in [2.75, 3.05) is 12.4 Å². The predicted octanol–water partition coefficient (Wildman–Crippen LogP) is 3.43. The monoisotopic (exact) mass is 259 g/mol. The van der Waals surface area contributed by atoms with Crippen LogP contribution >= 0.6 is 23.2 Å². The second-order valence-corrected chi connectivity index (χ2v) is 4.55. The van der Waals surface area contributed by atoms with Crippen LogP contribution in [0.15, 0.2) is 24.3 Å². The van der Waals surface area contributed by atoms with Crippen LogP contribution in [0.3, 0.4) is 0 Å². The molecular weight excluding hydrogens is 245 g/mol. The van der Waals surface area contributed by atoms with Crippen molar-refractivity contribution in [3.8, 4) is 0 Å². The molecule has 1 rings (SSSR count). The number of carbonyl (C=O) groups is 1. The topological polar surface area (TPSA) is 20.3 Å². The van der Waals surface area contributed by atoms with Gasteiger partial charge in [0.2, 0.25) is 0 Å². The van der Waals surface area contributed by atoms with Crippen LogP contribution in [-0.4, -0.2) is 29.3 Å². The molecule has 2 nitrogen and oxygen atoms in total. The first-order valence-electron chi connectivity index (χ1n) is 5.19. The van der Waals surface area contributed by atoms with Gasteiger partial charge < -0.3 is 4.90 Å². The van der Waals surface area contributed by atoms with Crippen LogP contribution in [0.4, 0.5) is 0 Å². The van der Waals surface area contributed by atoms with E-state index in [9.17, 15) is 4.79 Å². The molecule has 4 heteroatoms. The molecule has 0 spiro atoms. The van der Waals surface area contributed by atoms with Crippen molar-refractivity contribution >= 4 is 29.1 Å². The minimum atomic E-state index is -0.0683. The van der Waals surface area contributed by atoms with Gasteiger partial charge in [0.1, 0.15) is 0 Å². The molecule has 88 valence electrons. The summed E-state index contributed by atoms with van der Waals surface area (Å²) < 4.78 is 0. The highest BCUT2D eigenvalue weighted by molar-refractivity contribution is 6.33. The van der Waals surface area contributed by atoms with E-state index in [0.29, 0.717) is 23.0 Å². The highest BCUT2D eigenvalue weighted by Crippen LogP contribution is 2.18. The van der Waals surface area contributed by atoms with Gasteiger partial charge in [-0.3, -0.25) is 4.79 Å². The lowest BCUT2D eigenvalue weighted by Gasteiger charge is -2.26. The molecular formula is C12H15Cl2NO. The Morgan fingerprint density at radius 1 is 1.38 bits per heavy atom. The standard InChI is InChI=1S/C12H15Cl2NO/c1-9(2)15(8-7-13)12(16)10-5-3-4-6-11(10)14/h3-6,9H,7-8H2,1-2H3. The quantitative estimate of drug-likeness (QED) is 0.759. The van der Waals surface area contributed by atoms with Crippen molar-refractivity contribution in [3.63, 3.8) is 0 Å². The molecule has 0 saturated heterocycles. The number of amides is 1. The maximum absolute atomic E-state index is 12.2. The number of rotatable bonds is 4. The van der Waals surface area contributed by atoms with E-state index in [0.717, 1.165) is 0 Å². The largest absolute Gasteiger partial charge is 0.335 e. The van der Waals surface area contributed by atoms with Gasteiger partial charge >= 0.3 is 0 Å². The second kappa shape index (κ2) is 6.12. The van der Waals surface area contributed by atoms with Gasteiger partial charge in [0.15, 0.2) is 0 Å². The molecule has 0 N–H and O–H groups in total. The van der Waals surface area contributed by atoms with Gasteiger partial charge in [-0.2, -0.15) is 0 Å². The number of benzene rings is 1. The zero-order chi connectivity index (χ0) is 12.1. The van der Waals surface area contributed by atoms with Crippen LogP contribution in [0.25, 0.3) is 0 Å². The van der Waals surface area contributed by atoms with Crippen molar-refractivity contribution in [2.45, 2.75) is 19.9 Å². The van der Waals surface area contributed by atoms with Crippen molar-refractivity contribution in [1.29, 1.82) is 0 Å². The van der Waals surface area contributed by atoms with Gasteiger partial charge in [-0.25, -0.2) is 0 Å². The maximum atomic E-state index is 12.2. The third-order valence-corrected chi connectivity index (χ3v) is 2.81. The van der Waals surface area contributed by atoms with E-state index < -0.39 is 0 Å². The summed E-state index contributed by atoms with van der Waals surface area (Å²) in [4.78, 5) is 13.9. The molecule has 0 atom stereocenters. The number of halogens is 2. The van der Waals surface area contributed by atoms with Crippen LogP contribution in [0.5, 0.6) is 0 Å². The number of hydrogen-bond acceptors (Lipinski definition) is 1. The third-order valence-electron chi connectivity index (χ3n) is 2.31. The minimum absolute atomic E-state index is 0.0683. The predicted molar refractivity (Wildman–Crippen MR) is 68.3 cm³/mol. The van der Waals surface area contributed by atoms with Crippen LogP contribution in [0.1, 0.15) is 24.2 Å². The molecule has 0 aliphatic heterocycles. The molecule has 1 aromatic rings. The lowest BCUT2D eigenvalue weighted by atomic mass is 10.1. The first-order valence-corrected chi connectivity index (χ1v) is 6.10. The first-order chi connectivity index (χ1) is 7.57. The van der Waals surface area contributed by atoms with Gasteiger partial charge in [-0.15, -0.1) is 11.6 Å². The zero-order valence-corrected chi connectivity index (χ0v) is 10.9. The molecule has 16 heavy (non-hydrogen) atoms. The van der Waals surface area contributed by atoms with Crippen molar-refractivity contribution in [3.05, 3.63) is 34.9 Å². The van der Waals surface area contributed by atoms with Crippen molar-refractivity contribution in [1.82, 2.24) is 4.90 Å². The van der Waals surface area contributed by atoms with Crippen LogP contribution in [0.2, 0.25) is 5.02 Å². The Morgan fingerprint density at radius 2 is 2.00 bits per heavy atom. The van der Waals surface area contributed by atoms with Gasteiger partial charge in [-0.1, -0.05) is 23.7 Å². The van der Waals surface area contributed by atoms with E-state index in [-0.39, 0.29) is 11.9 Å². The lowest BCUT2D eigenvalue weighted by Crippen LogP contribution is -2.38. The second-order valence-electron chi connectivity index (χ2n) is 3.76. The summed E-state index contributed by atoms with van der Waals surface area (Å²) in [5.41, 5.74) is 0.531. The first kappa shape index (κ1) is 13.3. The third kappa shape index (κ3) is 3.13. The van der Waals surface area contributed by atoms with Gasteiger partial charge in [0.25, 0.3) is 5.91 Å². The number of carbonyl (C=O) groups excluding carboxylic acids is 1. The number of hydrogen-bond donors (Lipinski definition) is 0. The summed E-state index contributed by atoms with van der Waals surface area (Å²) >= 11 is 11.7. The smallest absolute Gasteiger partial charge is 0.255 e. The molecule has 0 saturated carbocycles. The molecule has 0 radical (unpaired) electrons. The summed E-state index contributed by atoms with van der Waals surface area (Å²) in [5, 5.41) is 0.479. The van der Waals surface area contributed by atoms with Crippen LogP contribution in [0, 0.1) is 0 Å². The SMILES string of the molecule is CC(C)N(CCCl)C(=O)c1ccccc1Cl. The summed E-state index contributed by atoms with van der Waals surface area (Å²) in [5.74, 6) is 0.357. The lowest BCUT2D eigenvalue weighted by molar-refractivity contribution is 0.0718. The fourth-order valence-electron chi connectivity index (χ4n) is 1.47.